The molecular weight excluding hydrogens is 334 g/mol. The number of hydrogen-bond acceptors (Lipinski definition) is 3. The Bertz CT molecular complexity index is 514. The summed E-state index contributed by atoms with van der Waals surface area (Å²) < 4.78 is 1.80. The monoisotopic (exact) mass is 341 g/mol. The predicted octanol–water partition coefficient (Wildman–Crippen LogP) is 4.05. The summed E-state index contributed by atoms with van der Waals surface area (Å²) in [6, 6.07) is 7.91. The van der Waals surface area contributed by atoms with Crippen molar-refractivity contribution >= 4 is 43.4 Å². The molecule has 0 aliphatic rings. The quantitative estimate of drug-likeness (QED) is 0.836. The second-order valence-electron chi connectivity index (χ2n) is 3.31. The minimum Gasteiger partial charge on any atom is -0.340 e. The van der Waals surface area contributed by atoms with E-state index in [4.69, 9.17) is 0 Å². The molecule has 1 aromatic carbocycles. The number of nitrogens with zero attached hydrogens (tertiary/aromatic N) is 2. The smallest absolute Gasteiger partial charge is 0.134 e. The summed E-state index contributed by atoms with van der Waals surface area (Å²) in [5.41, 5.74) is 2.19. The van der Waals surface area contributed by atoms with E-state index in [0.717, 1.165) is 26.1 Å². The van der Waals surface area contributed by atoms with Gasteiger partial charge in [0.1, 0.15) is 16.7 Å². The van der Waals surface area contributed by atoms with Crippen molar-refractivity contribution in [3.8, 4) is 0 Å². The van der Waals surface area contributed by atoms with E-state index in [1.54, 1.807) is 0 Å². The van der Waals surface area contributed by atoms with Crippen LogP contribution in [0.3, 0.4) is 0 Å². The van der Waals surface area contributed by atoms with Crippen molar-refractivity contribution in [2.45, 2.75) is 6.92 Å². The molecule has 16 heavy (non-hydrogen) atoms. The summed E-state index contributed by atoms with van der Waals surface area (Å²) >= 11 is 6.75. The van der Waals surface area contributed by atoms with Crippen LogP contribution in [-0.4, -0.2) is 9.97 Å². The molecule has 1 heterocycles. The van der Waals surface area contributed by atoms with Gasteiger partial charge in [0.2, 0.25) is 0 Å². The Morgan fingerprint density at radius 3 is 2.69 bits per heavy atom. The van der Waals surface area contributed by atoms with Crippen molar-refractivity contribution < 1.29 is 0 Å². The third kappa shape index (κ3) is 2.80. The number of halogens is 2. The van der Waals surface area contributed by atoms with Crippen LogP contribution in [0.4, 0.5) is 11.5 Å². The van der Waals surface area contributed by atoms with Crippen LogP contribution in [-0.2, 0) is 0 Å². The lowest BCUT2D eigenvalue weighted by atomic mass is 10.2. The van der Waals surface area contributed by atoms with Gasteiger partial charge in [-0.05, 0) is 40.5 Å². The molecule has 5 heteroatoms. The number of benzene rings is 1. The topological polar surface area (TPSA) is 37.8 Å². The first kappa shape index (κ1) is 11.5. The largest absolute Gasteiger partial charge is 0.340 e. The molecule has 0 radical (unpaired) electrons. The highest BCUT2D eigenvalue weighted by Gasteiger charge is 2.01. The summed E-state index contributed by atoms with van der Waals surface area (Å²) in [6.07, 6.45) is 1.51. The van der Waals surface area contributed by atoms with Gasteiger partial charge in [-0.2, -0.15) is 0 Å². The molecule has 3 nitrogen and oxygen atoms in total. The van der Waals surface area contributed by atoms with Crippen molar-refractivity contribution in [3.63, 3.8) is 0 Å². The van der Waals surface area contributed by atoms with E-state index < -0.39 is 0 Å². The molecule has 0 spiro atoms. The van der Waals surface area contributed by atoms with E-state index in [-0.39, 0.29) is 0 Å². The Morgan fingerprint density at radius 1 is 1.12 bits per heavy atom. The number of nitrogens with one attached hydrogen (secondary N) is 1. The van der Waals surface area contributed by atoms with Gasteiger partial charge in [-0.25, -0.2) is 9.97 Å². The average Bonchev–Trinajstić information content (AvgIpc) is 2.24. The lowest BCUT2D eigenvalue weighted by molar-refractivity contribution is 1.14. The average molecular weight is 343 g/mol. The van der Waals surface area contributed by atoms with E-state index in [1.807, 2.05) is 31.2 Å². The highest BCUT2D eigenvalue weighted by molar-refractivity contribution is 9.10. The molecule has 82 valence electrons. The molecule has 2 aromatic rings. The van der Waals surface area contributed by atoms with Gasteiger partial charge >= 0.3 is 0 Å². The molecule has 0 amide bonds. The van der Waals surface area contributed by atoms with E-state index in [2.05, 4.69) is 47.1 Å². The molecule has 2 rings (SSSR count). The number of rotatable bonds is 2. The van der Waals surface area contributed by atoms with Gasteiger partial charge in [0, 0.05) is 16.2 Å². The minimum absolute atomic E-state index is 0.762. The first-order valence-corrected chi connectivity index (χ1v) is 6.24. The van der Waals surface area contributed by atoms with Crippen molar-refractivity contribution in [1.29, 1.82) is 0 Å². The zero-order valence-corrected chi connectivity index (χ0v) is 11.7. The number of hydrogen-bond donors (Lipinski definition) is 1. The van der Waals surface area contributed by atoms with Crippen LogP contribution in [0, 0.1) is 6.92 Å². The van der Waals surface area contributed by atoms with Gasteiger partial charge in [0.05, 0.1) is 0 Å². The van der Waals surface area contributed by atoms with Gasteiger partial charge in [0.25, 0.3) is 0 Å². The zero-order chi connectivity index (χ0) is 11.5. The first-order valence-electron chi connectivity index (χ1n) is 4.66. The molecule has 0 fully saturated rings. The molecule has 0 atom stereocenters. The number of aryl methyl sites for hydroxylation is 1. The highest BCUT2D eigenvalue weighted by Crippen LogP contribution is 2.24. The Kier molecular flexibility index (Phi) is 3.56. The van der Waals surface area contributed by atoms with E-state index in [1.165, 1.54) is 6.33 Å². The molecular formula is C11H9Br2N3. The van der Waals surface area contributed by atoms with Gasteiger partial charge in [-0.15, -0.1) is 0 Å². The summed E-state index contributed by atoms with van der Waals surface area (Å²) in [5, 5.41) is 3.24. The second-order valence-corrected chi connectivity index (χ2v) is 5.04. The standard InChI is InChI=1S/C11H9Br2N3/c1-7-2-3-8(12)4-9(7)16-11-5-10(13)14-6-15-11/h2-6H,1H3,(H,14,15,16). The van der Waals surface area contributed by atoms with Crippen LogP contribution >= 0.6 is 31.9 Å². The SMILES string of the molecule is Cc1ccc(Br)cc1Nc1cc(Br)ncn1. The molecule has 0 aliphatic carbocycles. The Labute approximate surface area is 111 Å². The maximum absolute atomic E-state index is 4.14. The third-order valence-electron chi connectivity index (χ3n) is 2.10. The molecule has 1 aromatic heterocycles. The van der Waals surface area contributed by atoms with Crippen molar-refractivity contribution in [1.82, 2.24) is 9.97 Å². The van der Waals surface area contributed by atoms with Crippen LogP contribution in [0.15, 0.2) is 39.7 Å². The molecule has 0 aliphatic heterocycles. The van der Waals surface area contributed by atoms with Crippen molar-refractivity contribution in [2.75, 3.05) is 5.32 Å². The fraction of sp³-hybridized carbons (Fsp3) is 0.0909. The maximum atomic E-state index is 4.14. The maximum Gasteiger partial charge on any atom is 0.134 e. The number of anilines is 2. The van der Waals surface area contributed by atoms with E-state index >= 15 is 0 Å². The van der Waals surface area contributed by atoms with Crippen LogP contribution in [0.5, 0.6) is 0 Å². The molecule has 0 unspecified atom stereocenters. The van der Waals surface area contributed by atoms with Gasteiger partial charge in [-0.1, -0.05) is 22.0 Å². The van der Waals surface area contributed by atoms with Crippen molar-refractivity contribution in [2.24, 2.45) is 0 Å². The zero-order valence-electron chi connectivity index (χ0n) is 8.54. The third-order valence-corrected chi connectivity index (χ3v) is 3.02. The second kappa shape index (κ2) is 4.93. The lowest BCUT2D eigenvalue weighted by Gasteiger charge is -2.09. The predicted molar refractivity (Wildman–Crippen MR) is 71.9 cm³/mol. The van der Waals surface area contributed by atoms with Gasteiger partial charge < -0.3 is 5.32 Å². The van der Waals surface area contributed by atoms with E-state index in [9.17, 15) is 0 Å². The highest BCUT2D eigenvalue weighted by atomic mass is 79.9. The van der Waals surface area contributed by atoms with Crippen LogP contribution in [0.25, 0.3) is 0 Å². The summed E-state index contributed by atoms with van der Waals surface area (Å²) in [7, 11) is 0. The van der Waals surface area contributed by atoms with Crippen LogP contribution < -0.4 is 5.32 Å². The summed E-state index contributed by atoms with van der Waals surface area (Å²) in [6.45, 7) is 2.05. The summed E-state index contributed by atoms with van der Waals surface area (Å²) in [4.78, 5) is 8.12. The molecule has 0 bridgehead atoms. The fourth-order valence-corrected chi connectivity index (χ4v) is 1.94. The van der Waals surface area contributed by atoms with E-state index in [0.29, 0.717) is 0 Å². The first-order chi connectivity index (χ1) is 7.65. The summed E-state index contributed by atoms with van der Waals surface area (Å²) in [5.74, 6) is 0.767. The Balaban J connectivity index is 2.30. The normalized spacial score (nSPS) is 10.2. The Morgan fingerprint density at radius 2 is 1.94 bits per heavy atom. The molecule has 0 saturated carbocycles. The van der Waals surface area contributed by atoms with Crippen LogP contribution in [0.1, 0.15) is 5.56 Å². The molecule has 0 saturated heterocycles. The Hall–Kier alpha value is -0.940. The van der Waals surface area contributed by atoms with Gasteiger partial charge in [0.15, 0.2) is 0 Å². The van der Waals surface area contributed by atoms with Gasteiger partial charge in [-0.3, -0.25) is 0 Å². The fourth-order valence-electron chi connectivity index (χ4n) is 1.27. The van der Waals surface area contributed by atoms with Crippen molar-refractivity contribution in [3.05, 3.63) is 45.2 Å². The van der Waals surface area contributed by atoms with Crippen LogP contribution in [0.2, 0.25) is 0 Å². The number of aromatic nitrogens is 2. The lowest BCUT2D eigenvalue weighted by Crippen LogP contribution is -1.96. The minimum atomic E-state index is 0.762. The molecule has 1 N–H and O–H groups in total.